The lowest BCUT2D eigenvalue weighted by Crippen LogP contribution is -2.61. The normalized spacial score (nSPS) is 32.6. The minimum absolute atomic E-state index is 0.403. The molecule has 3 rings (SSSR count). The van der Waals surface area contributed by atoms with Gasteiger partial charge in [-0.3, -0.25) is 0 Å². The Morgan fingerprint density at radius 3 is 2.74 bits per heavy atom. The van der Waals surface area contributed by atoms with E-state index in [1.54, 1.807) is 24.3 Å². The Hall–Kier alpha value is -1.64. The molecule has 0 saturated carbocycles. The van der Waals surface area contributed by atoms with E-state index in [0.29, 0.717) is 10.9 Å². The average Bonchev–Trinajstić information content (AvgIpc) is 2.97. The van der Waals surface area contributed by atoms with Crippen molar-refractivity contribution in [1.82, 2.24) is 5.32 Å². The van der Waals surface area contributed by atoms with E-state index in [9.17, 15) is 9.59 Å². The smallest absolute Gasteiger partial charge is 0.408 e. The van der Waals surface area contributed by atoms with Gasteiger partial charge in [0.05, 0.1) is 5.56 Å². The van der Waals surface area contributed by atoms with Crippen LogP contribution in [0.1, 0.15) is 10.4 Å². The first-order chi connectivity index (χ1) is 11.1. The summed E-state index contributed by atoms with van der Waals surface area (Å²) in [5.74, 6) is -0.497. The summed E-state index contributed by atoms with van der Waals surface area (Å²) in [5, 5.41) is 3.03. The van der Waals surface area contributed by atoms with Crippen LogP contribution in [0.3, 0.4) is 0 Å². The molecular weight excluding hydrogens is 370 g/mol. The maximum atomic E-state index is 12.3. The number of hydrogen-bond donors (Lipinski definition) is 1. The first kappa shape index (κ1) is 16.2. The third-order valence-electron chi connectivity index (χ3n) is 3.81. The van der Waals surface area contributed by atoms with E-state index in [1.165, 1.54) is 7.11 Å². The molecule has 0 aliphatic carbocycles. The number of esters is 1. The molecule has 0 aromatic heterocycles. The van der Waals surface area contributed by atoms with E-state index in [-0.39, 0.29) is 0 Å². The molecule has 1 amide bonds. The SMILES string of the molecule is CO[C@H]1O[C@H](CBr)[C@@H](OC(=O)c2ccccc2)[C@H]2OC(=O)N[C@@H]12. The highest BCUT2D eigenvalue weighted by Gasteiger charge is 2.54. The molecule has 5 atom stereocenters. The van der Waals surface area contributed by atoms with Crippen molar-refractivity contribution >= 4 is 28.0 Å². The zero-order chi connectivity index (χ0) is 16.4. The molecule has 2 heterocycles. The maximum Gasteiger partial charge on any atom is 0.408 e. The van der Waals surface area contributed by atoms with Gasteiger partial charge < -0.3 is 24.3 Å². The van der Waals surface area contributed by atoms with Crippen LogP contribution in [-0.2, 0) is 18.9 Å². The quantitative estimate of drug-likeness (QED) is 0.623. The van der Waals surface area contributed by atoms with Gasteiger partial charge in [-0.1, -0.05) is 34.1 Å². The van der Waals surface area contributed by atoms with Crippen LogP contribution in [0.2, 0.25) is 0 Å². The molecule has 8 heteroatoms. The summed E-state index contributed by atoms with van der Waals surface area (Å²) in [4.78, 5) is 23.9. The molecule has 0 unspecified atom stereocenters. The van der Waals surface area contributed by atoms with Gasteiger partial charge in [0.1, 0.15) is 12.1 Å². The van der Waals surface area contributed by atoms with E-state index in [0.717, 1.165) is 0 Å². The van der Waals surface area contributed by atoms with Crippen LogP contribution in [-0.4, -0.2) is 55.1 Å². The minimum Gasteiger partial charge on any atom is -0.452 e. The van der Waals surface area contributed by atoms with Gasteiger partial charge in [0, 0.05) is 12.4 Å². The highest BCUT2D eigenvalue weighted by molar-refractivity contribution is 9.09. The van der Waals surface area contributed by atoms with Gasteiger partial charge in [0.2, 0.25) is 0 Å². The van der Waals surface area contributed by atoms with Crippen molar-refractivity contribution in [3.8, 4) is 0 Å². The number of nitrogens with one attached hydrogen (secondary N) is 1. The number of carbonyl (C=O) groups is 2. The molecule has 23 heavy (non-hydrogen) atoms. The Morgan fingerprint density at radius 2 is 2.09 bits per heavy atom. The maximum absolute atomic E-state index is 12.3. The van der Waals surface area contributed by atoms with E-state index in [4.69, 9.17) is 18.9 Å². The van der Waals surface area contributed by atoms with Crippen molar-refractivity contribution in [2.24, 2.45) is 0 Å². The molecule has 7 nitrogen and oxygen atoms in total. The van der Waals surface area contributed by atoms with Gasteiger partial charge in [0.25, 0.3) is 0 Å². The Bertz CT molecular complexity index is 583. The molecule has 0 bridgehead atoms. The lowest BCUT2D eigenvalue weighted by atomic mass is 9.98. The van der Waals surface area contributed by atoms with Crippen LogP contribution >= 0.6 is 15.9 Å². The highest BCUT2D eigenvalue weighted by atomic mass is 79.9. The summed E-state index contributed by atoms with van der Waals surface area (Å²) in [6.07, 6.45) is -3.15. The molecule has 2 aliphatic rings. The number of alkyl halides is 1. The molecule has 2 saturated heterocycles. The van der Waals surface area contributed by atoms with Crippen LogP contribution in [0.15, 0.2) is 30.3 Å². The standard InChI is InChI=1S/C15H16BrNO6/c1-20-14-10-12(23-15(19)17-10)11(9(7-16)21-14)22-13(18)8-5-3-2-4-6-8/h2-6,9-12,14H,7H2,1H3,(H,17,19)/t9-,10-,11-,12+,14+/m1/s1. The van der Waals surface area contributed by atoms with Crippen molar-refractivity contribution in [2.75, 3.05) is 12.4 Å². The second-order valence-corrected chi connectivity index (χ2v) is 5.86. The van der Waals surface area contributed by atoms with Crippen molar-refractivity contribution in [1.29, 1.82) is 0 Å². The highest BCUT2D eigenvalue weighted by Crippen LogP contribution is 2.31. The zero-order valence-electron chi connectivity index (χ0n) is 12.3. The van der Waals surface area contributed by atoms with Crippen molar-refractivity contribution in [3.05, 3.63) is 35.9 Å². The fourth-order valence-electron chi connectivity index (χ4n) is 2.72. The number of ether oxygens (including phenoxy) is 4. The second kappa shape index (κ2) is 6.86. The Kier molecular flexibility index (Phi) is 4.84. The van der Waals surface area contributed by atoms with Crippen LogP contribution in [0, 0.1) is 0 Å². The summed E-state index contributed by atoms with van der Waals surface area (Å²) >= 11 is 3.33. The summed E-state index contributed by atoms with van der Waals surface area (Å²) in [5.41, 5.74) is 0.420. The lowest BCUT2D eigenvalue weighted by Gasteiger charge is -2.40. The first-order valence-electron chi connectivity index (χ1n) is 7.11. The van der Waals surface area contributed by atoms with E-state index >= 15 is 0 Å². The molecule has 2 aliphatic heterocycles. The van der Waals surface area contributed by atoms with Crippen LogP contribution < -0.4 is 5.32 Å². The number of carbonyl (C=O) groups excluding carboxylic acids is 2. The van der Waals surface area contributed by atoms with E-state index < -0.39 is 42.7 Å². The molecular formula is C15H16BrNO6. The van der Waals surface area contributed by atoms with Gasteiger partial charge in [-0.15, -0.1) is 0 Å². The molecule has 1 N–H and O–H groups in total. The van der Waals surface area contributed by atoms with E-state index in [1.807, 2.05) is 6.07 Å². The van der Waals surface area contributed by atoms with Gasteiger partial charge in [-0.25, -0.2) is 9.59 Å². The summed E-state index contributed by atoms with van der Waals surface area (Å²) < 4.78 is 21.8. The van der Waals surface area contributed by atoms with Crippen molar-refractivity contribution in [3.63, 3.8) is 0 Å². The topological polar surface area (TPSA) is 83.1 Å². The molecule has 1 aromatic carbocycles. The second-order valence-electron chi connectivity index (χ2n) is 5.21. The molecule has 0 spiro atoms. The monoisotopic (exact) mass is 385 g/mol. The lowest BCUT2D eigenvalue weighted by molar-refractivity contribution is -0.237. The van der Waals surface area contributed by atoms with Crippen LogP contribution in [0.5, 0.6) is 0 Å². The van der Waals surface area contributed by atoms with Crippen LogP contribution in [0.25, 0.3) is 0 Å². The van der Waals surface area contributed by atoms with Gasteiger partial charge in [-0.2, -0.15) is 0 Å². The van der Waals surface area contributed by atoms with Gasteiger partial charge in [-0.05, 0) is 12.1 Å². The minimum atomic E-state index is -0.738. The fourth-order valence-corrected chi connectivity index (χ4v) is 3.25. The first-order valence-corrected chi connectivity index (χ1v) is 8.23. The summed E-state index contributed by atoms with van der Waals surface area (Å²) in [7, 11) is 1.48. The predicted octanol–water partition coefficient (Wildman–Crippen LogP) is 1.46. The third-order valence-corrected chi connectivity index (χ3v) is 4.45. The number of benzene rings is 1. The summed E-state index contributed by atoms with van der Waals surface area (Å²) in [6.45, 7) is 0. The largest absolute Gasteiger partial charge is 0.452 e. The number of hydrogen-bond acceptors (Lipinski definition) is 6. The third kappa shape index (κ3) is 3.19. The predicted molar refractivity (Wildman–Crippen MR) is 82.3 cm³/mol. The molecule has 2 fully saturated rings. The fraction of sp³-hybridized carbons (Fsp3) is 0.467. The molecule has 124 valence electrons. The number of methoxy groups -OCH3 is 1. The Balaban J connectivity index is 1.81. The Morgan fingerprint density at radius 1 is 1.35 bits per heavy atom. The Labute approximate surface area is 141 Å². The van der Waals surface area contributed by atoms with Gasteiger partial charge >= 0.3 is 12.1 Å². The zero-order valence-corrected chi connectivity index (χ0v) is 13.9. The number of fused-ring (bicyclic) bond motifs is 1. The summed E-state index contributed by atoms with van der Waals surface area (Å²) in [6, 6.07) is 8.08. The molecule has 1 aromatic rings. The van der Waals surface area contributed by atoms with E-state index in [2.05, 4.69) is 21.2 Å². The van der Waals surface area contributed by atoms with Gasteiger partial charge in [0.15, 0.2) is 18.5 Å². The van der Waals surface area contributed by atoms with Crippen molar-refractivity contribution in [2.45, 2.75) is 30.6 Å². The number of rotatable bonds is 4. The number of halogens is 1. The number of amides is 1. The average molecular weight is 386 g/mol. The molecule has 0 radical (unpaired) electrons. The van der Waals surface area contributed by atoms with Crippen molar-refractivity contribution < 1.29 is 28.5 Å². The van der Waals surface area contributed by atoms with Crippen LogP contribution in [0.4, 0.5) is 4.79 Å². The number of alkyl carbamates (subject to hydrolysis) is 1.